The Kier molecular flexibility index (Phi) is 4.31. The van der Waals surface area contributed by atoms with Crippen molar-refractivity contribution in [3.8, 4) is 5.75 Å². The molecular formula is C26H34N2O. The van der Waals surface area contributed by atoms with Gasteiger partial charge in [-0.05, 0) is 56.5 Å². The first kappa shape index (κ1) is 19.9. The number of methoxy groups -OCH3 is 1. The lowest BCUT2D eigenvalue weighted by Crippen LogP contribution is -2.51. The van der Waals surface area contributed by atoms with Crippen molar-refractivity contribution >= 4 is 11.4 Å². The maximum Gasteiger partial charge on any atom is 0.123 e. The molecule has 0 bridgehead atoms. The van der Waals surface area contributed by atoms with E-state index in [1.807, 2.05) is 6.07 Å². The number of hydrogen-bond donors (Lipinski definition) is 0. The second kappa shape index (κ2) is 6.29. The second-order valence-corrected chi connectivity index (χ2v) is 9.68. The van der Waals surface area contributed by atoms with Crippen LogP contribution in [-0.4, -0.2) is 13.3 Å². The van der Waals surface area contributed by atoms with Crippen LogP contribution in [0.3, 0.4) is 0 Å². The number of aryl methyl sites for hydroxylation is 1. The van der Waals surface area contributed by atoms with Gasteiger partial charge in [0.1, 0.15) is 11.9 Å². The molecule has 0 saturated carbocycles. The SMILES string of the molecule is COc1cccc(N2C=C3N(c4c(ccc(C)c4C)C(C)(C)C3(C)C)[C@@H]2C)c1C. The van der Waals surface area contributed by atoms with Gasteiger partial charge in [-0.2, -0.15) is 0 Å². The molecule has 0 N–H and O–H groups in total. The van der Waals surface area contributed by atoms with Crippen LogP contribution in [0.1, 0.15) is 56.9 Å². The maximum atomic E-state index is 5.60. The Bertz CT molecular complexity index is 1020. The predicted molar refractivity (Wildman–Crippen MR) is 123 cm³/mol. The first-order chi connectivity index (χ1) is 13.5. The van der Waals surface area contributed by atoms with Crippen LogP contribution in [0.2, 0.25) is 0 Å². The van der Waals surface area contributed by atoms with Crippen molar-refractivity contribution in [2.75, 3.05) is 16.9 Å². The van der Waals surface area contributed by atoms with E-state index >= 15 is 0 Å². The van der Waals surface area contributed by atoms with Crippen molar-refractivity contribution in [1.29, 1.82) is 0 Å². The lowest BCUT2D eigenvalue weighted by atomic mass is 9.59. The summed E-state index contributed by atoms with van der Waals surface area (Å²) in [6.07, 6.45) is 2.57. The molecule has 1 atom stereocenters. The molecule has 29 heavy (non-hydrogen) atoms. The molecule has 2 aliphatic rings. The van der Waals surface area contributed by atoms with Crippen molar-refractivity contribution in [2.24, 2.45) is 5.41 Å². The highest BCUT2D eigenvalue weighted by Crippen LogP contribution is 2.59. The number of ether oxygens (including phenoxy) is 1. The fourth-order valence-corrected chi connectivity index (χ4v) is 5.04. The monoisotopic (exact) mass is 390 g/mol. The summed E-state index contributed by atoms with van der Waals surface area (Å²) in [7, 11) is 1.75. The van der Waals surface area contributed by atoms with E-state index in [1.165, 1.54) is 39.3 Å². The molecule has 0 fully saturated rings. The van der Waals surface area contributed by atoms with E-state index < -0.39 is 0 Å². The normalized spacial score (nSPS) is 21.6. The van der Waals surface area contributed by atoms with Crippen LogP contribution < -0.4 is 14.5 Å². The lowest BCUT2D eigenvalue weighted by molar-refractivity contribution is 0.232. The predicted octanol–water partition coefficient (Wildman–Crippen LogP) is 6.45. The fraction of sp³-hybridized carbons (Fsp3) is 0.462. The maximum absolute atomic E-state index is 5.60. The van der Waals surface area contributed by atoms with Crippen molar-refractivity contribution in [3.05, 3.63) is 64.5 Å². The van der Waals surface area contributed by atoms with Crippen LogP contribution in [0.4, 0.5) is 11.4 Å². The fourth-order valence-electron chi connectivity index (χ4n) is 5.04. The Morgan fingerprint density at radius 2 is 1.59 bits per heavy atom. The minimum atomic E-state index is -0.00250. The van der Waals surface area contributed by atoms with Gasteiger partial charge in [-0.1, -0.05) is 45.9 Å². The number of fused-ring (bicyclic) bond motifs is 3. The van der Waals surface area contributed by atoms with E-state index in [-0.39, 0.29) is 17.0 Å². The summed E-state index contributed by atoms with van der Waals surface area (Å²) < 4.78 is 5.60. The number of rotatable bonds is 2. The van der Waals surface area contributed by atoms with E-state index in [0.29, 0.717) is 0 Å². The zero-order valence-corrected chi connectivity index (χ0v) is 19.3. The van der Waals surface area contributed by atoms with Crippen LogP contribution in [0.15, 0.2) is 42.2 Å². The summed E-state index contributed by atoms with van der Waals surface area (Å²) in [5.41, 5.74) is 9.36. The molecule has 0 amide bonds. The largest absolute Gasteiger partial charge is 0.496 e. The molecule has 3 heteroatoms. The van der Waals surface area contributed by atoms with Gasteiger partial charge >= 0.3 is 0 Å². The van der Waals surface area contributed by atoms with Crippen LogP contribution in [-0.2, 0) is 5.41 Å². The molecule has 0 aliphatic carbocycles. The average molecular weight is 391 g/mol. The molecule has 0 spiro atoms. The number of benzene rings is 2. The molecule has 2 aliphatic heterocycles. The first-order valence-corrected chi connectivity index (χ1v) is 10.6. The summed E-state index contributed by atoms with van der Waals surface area (Å²) in [5.74, 6) is 0.935. The third kappa shape index (κ3) is 2.49. The highest BCUT2D eigenvalue weighted by Gasteiger charge is 2.53. The van der Waals surface area contributed by atoms with Crippen LogP contribution in [0.5, 0.6) is 5.75 Å². The molecule has 0 radical (unpaired) electrons. The first-order valence-electron chi connectivity index (χ1n) is 10.6. The number of hydrogen-bond acceptors (Lipinski definition) is 3. The molecule has 154 valence electrons. The lowest BCUT2D eigenvalue weighted by Gasteiger charge is -2.53. The van der Waals surface area contributed by atoms with Crippen molar-refractivity contribution < 1.29 is 4.74 Å². The number of nitrogens with zero attached hydrogens (tertiary/aromatic N) is 2. The van der Waals surface area contributed by atoms with Gasteiger partial charge in [0.25, 0.3) is 0 Å². The third-order valence-corrected chi connectivity index (χ3v) is 7.87. The van der Waals surface area contributed by atoms with E-state index in [2.05, 4.69) is 95.7 Å². The quantitative estimate of drug-likeness (QED) is 0.586. The molecule has 2 heterocycles. The zero-order valence-electron chi connectivity index (χ0n) is 19.3. The van der Waals surface area contributed by atoms with Crippen LogP contribution in [0.25, 0.3) is 0 Å². The minimum Gasteiger partial charge on any atom is -0.496 e. The van der Waals surface area contributed by atoms with Crippen LogP contribution >= 0.6 is 0 Å². The van der Waals surface area contributed by atoms with E-state index in [9.17, 15) is 0 Å². The summed E-state index contributed by atoms with van der Waals surface area (Å²) in [6.45, 7) is 18.5. The second-order valence-electron chi connectivity index (χ2n) is 9.68. The van der Waals surface area contributed by atoms with Gasteiger partial charge in [-0.15, -0.1) is 0 Å². The van der Waals surface area contributed by atoms with Crippen molar-refractivity contribution in [3.63, 3.8) is 0 Å². The Morgan fingerprint density at radius 3 is 2.24 bits per heavy atom. The topological polar surface area (TPSA) is 15.7 Å². The van der Waals surface area contributed by atoms with Gasteiger partial charge in [0.05, 0.1) is 7.11 Å². The summed E-state index contributed by atoms with van der Waals surface area (Å²) in [6, 6.07) is 11.0. The molecule has 0 aromatic heterocycles. The standard InChI is InChI=1S/C26H34N2O/c1-16-13-14-20-24(17(16)2)28-19(4)27(15-23(28)26(7,8)25(20,5)6)21-11-10-12-22(29-9)18(21)3/h10-15,19H,1-9H3/t19-/m1/s1. The Labute approximate surface area is 176 Å². The Balaban J connectivity index is 1.97. The summed E-state index contributed by atoms with van der Waals surface area (Å²) >= 11 is 0. The van der Waals surface area contributed by atoms with Crippen molar-refractivity contribution in [1.82, 2.24) is 0 Å². The molecule has 4 rings (SSSR count). The summed E-state index contributed by atoms with van der Waals surface area (Å²) in [5, 5.41) is 0. The number of anilines is 2. The minimum absolute atomic E-state index is 0.00250. The van der Waals surface area contributed by atoms with Gasteiger partial charge in [0.2, 0.25) is 0 Å². The Morgan fingerprint density at radius 1 is 0.897 bits per heavy atom. The average Bonchev–Trinajstić information content (AvgIpc) is 3.00. The van der Waals surface area contributed by atoms with Gasteiger partial charge in [0, 0.05) is 39.7 Å². The van der Waals surface area contributed by atoms with Crippen LogP contribution in [0, 0.1) is 26.2 Å². The van der Waals surface area contributed by atoms with Crippen molar-refractivity contribution in [2.45, 2.75) is 67.0 Å². The highest BCUT2D eigenvalue weighted by atomic mass is 16.5. The van der Waals surface area contributed by atoms with Gasteiger partial charge in [-0.3, -0.25) is 0 Å². The Hall–Kier alpha value is -2.42. The highest BCUT2D eigenvalue weighted by molar-refractivity contribution is 5.76. The van der Waals surface area contributed by atoms with Gasteiger partial charge in [0.15, 0.2) is 0 Å². The van der Waals surface area contributed by atoms with E-state index in [4.69, 9.17) is 4.74 Å². The molecule has 3 nitrogen and oxygen atoms in total. The number of allylic oxidation sites excluding steroid dienone is 1. The summed E-state index contributed by atoms with van der Waals surface area (Å²) in [4.78, 5) is 4.99. The van der Waals surface area contributed by atoms with Gasteiger partial charge in [-0.25, -0.2) is 0 Å². The van der Waals surface area contributed by atoms with E-state index in [0.717, 1.165) is 5.75 Å². The van der Waals surface area contributed by atoms with Gasteiger partial charge < -0.3 is 14.5 Å². The molecule has 2 aromatic rings. The molecule has 0 unspecified atom stereocenters. The molecule has 2 aromatic carbocycles. The third-order valence-electron chi connectivity index (χ3n) is 7.87. The molecular weight excluding hydrogens is 356 g/mol. The zero-order chi connectivity index (χ0) is 21.3. The molecule has 0 saturated heterocycles. The smallest absolute Gasteiger partial charge is 0.123 e. The van der Waals surface area contributed by atoms with E-state index in [1.54, 1.807) is 7.11 Å².